The lowest BCUT2D eigenvalue weighted by atomic mass is 10.0. The topological polar surface area (TPSA) is 83.6 Å². The Morgan fingerprint density at radius 1 is 1.04 bits per heavy atom. The molecule has 0 aromatic heterocycles. The van der Waals surface area contributed by atoms with E-state index in [-0.39, 0.29) is 28.0 Å². The summed E-state index contributed by atoms with van der Waals surface area (Å²) in [6.07, 6.45) is 3.66. The number of sulfonamides is 2. The van der Waals surface area contributed by atoms with Gasteiger partial charge in [0.25, 0.3) is 0 Å². The van der Waals surface area contributed by atoms with E-state index in [9.17, 15) is 16.8 Å². The second kappa shape index (κ2) is 6.65. The van der Waals surface area contributed by atoms with Crippen LogP contribution in [0.1, 0.15) is 31.2 Å². The van der Waals surface area contributed by atoms with Gasteiger partial charge >= 0.3 is 0 Å². The second-order valence-corrected chi connectivity index (χ2v) is 11.2. The van der Waals surface area contributed by atoms with Crippen LogP contribution in [-0.4, -0.2) is 45.5 Å². The van der Waals surface area contributed by atoms with Crippen molar-refractivity contribution < 1.29 is 16.8 Å². The molecule has 10 heteroatoms. The van der Waals surface area contributed by atoms with Crippen LogP contribution in [0.2, 0.25) is 10.0 Å². The maximum absolute atomic E-state index is 12.7. The molecule has 140 valence electrons. The monoisotopic (exact) mass is 426 g/mol. The number of rotatable bonds is 4. The van der Waals surface area contributed by atoms with E-state index in [4.69, 9.17) is 23.2 Å². The molecule has 1 aromatic carbocycles. The smallest absolute Gasteiger partial charge is 0.212 e. The quantitative estimate of drug-likeness (QED) is 0.801. The number of nitrogens with zero attached hydrogens (tertiary/aromatic N) is 1. The van der Waals surface area contributed by atoms with Crippen LogP contribution in [0.5, 0.6) is 0 Å². The molecule has 6 nitrogen and oxygen atoms in total. The number of benzene rings is 1. The molecule has 2 unspecified atom stereocenters. The van der Waals surface area contributed by atoms with Crippen molar-refractivity contribution in [2.75, 3.05) is 6.26 Å². The molecule has 2 heterocycles. The molecule has 1 aromatic rings. The SMILES string of the molecule is Cc1cc(S(=O)(=O)NC2CC3CCC(C2)N3S(C)(=O)=O)c(Cl)cc1Cl. The van der Waals surface area contributed by atoms with Crippen molar-refractivity contribution in [1.29, 1.82) is 0 Å². The fraction of sp³-hybridized carbons (Fsp3) is 0.600. The Morgan fingerprint density at radius 2 is 1.60 bits per heavy atom. The van der Waals surface area contributed by atoms with Crippen LogP contribution < -0.4 is 4.72 Å². The minimum absolute atomic E-state index is 0.00560. The Kier molecular flexibility index (Phi) is 5.16. The van der Waals surface area contributed by atoms with Crippen LogP contribution in [0, 0.1) is 6.92 Å². The van der Waals surface area contributed by atoms with E-state index in [2.05, 4.69) is 4.72 Å². The molecule has 2 saturated heterocycles. The van der Waals surface area contributed by atoms with Crippen molar-refractivity contribution in [2.24, 2.45) is 0 Å². The average Bonchev–Trinajstić information content (AvgIpc) is 2.75. The van der Waals surface area contributed by atoms with E-state index >= 15 is 0 Å². The van der Waals surface area contributed by atoms with Gasteiger partial charge in [0.05, 0.1) is 11.3 Å². The molecular formula is C15H20Cl2N2O4S2. The molecular weight excluding hydrogens is 407 g/mol. The fourth-order valence-corrected chi connectivity index (χ4v) is 7.45. The Hall–Kier alpha value is -0.380. The lowest BCUT2D eigenvalue weighted by Gasteiger charge is -2.37. The van der Waals surface area contributed by atoms with E-state index in [0.29, 0.717) is 23.4 Å². The third-order valence-corrected chi connectivity index (χ3v) is 8.63. The first kappa shape index (κ1) is 19.4. The van der Waals surface area contributed by atoms with Crippen molar-refractivity contribution in [2.45, 2.75) is 55.6 Å². The van der Waals surface area contributed by atoms with Crippen molar-refractivity contribution in [3.63, 3.8) is 0 Å². The summed E-state index contributed by atoms with van der Waals surface area (Å²) >= 11 is 12.0. The van der Waals surface area contributed by atoms with Gasteiger partial charge in [-0.15, -0.1) is 0 Å². The summed E-state index contributed by atoms with van der Waals surface area (Å²) in [6, 6.07) is 2.26. The number of aryl methyl sites for hydroxylation is 1. The highest BCUT2D eigenvalue weighted by molar-refractivity contribution is 7.89. The zero-order valence-electron chi connectivity index (χ0n) is 13.9. The molecule has 2 atom stereocenters. The lowest BCUT2D eigenvalue weighted by Crippen LogP contribution is -2.52. The number of nitrogens with one attached hydrogen (secondary N) is 1. The maximum atomic E-state index is 12.7. The summed E-state index contributed by atoms with van der Waals surface area (Å²) in [6.45, 7) is 1.71. The fourth-order valence-electron chi connectivity index (χ4n) is 3.89. The minimum atomic E-state index is -3.81. The Labute approximate surface area is 158 Å². The van der Waals surface area contributed by atoms with Crippen LogP contribution in [0.4, 0.5) is 0 Å². The third-order valence-electron chi connectivity index (χ3n) is 4.87. The summed E-state index contributed by atoms with van der Waals surface area (Å²) in [5.74, 6) is 0. The molecule has 0 spiro atoms. The molecule has 2 fully saturated rings. The first-order chi connectivity index (χ1) is 11.5. The number of halogens is 2. The van der Waals surface area contributed by atoms with Crippen LogP contribution in [0.15, 0.2) is 17.0 Å². The molecule has 0 radical (unpaired) electrons. The Morgan fingerprint density at radius 3 is 2.12 bits per heavy atom. The standard InChI is InChI=1S/C15H20Cl2N2O4S2/c1-9-5-15(14(17)8-13(9)16)25(22,23)18-10-6-11-3-4-12(7-10)19(11)24(2,20)21/h5,8,10-12,18H,3-4,6-7H2,1-2H3. The highest BCUT2D eigenvalue weighted by Gasteiger charge is 2.46. The predicted molar refractivity (Wildman–Crippen MR) is 98.0 cm³/mol. The largest absolute Gasteiger partial charge is 0.242 e. The lowest BCUT2D eigenvalue weighted by molar-refractivity contribution is 0.221. The maximum Gasteiger partial charge on any atom is 0.242 e. The zero-order valence-corrected chi connectivity index (χ0v) is 17.0. The van der Waals surface area contributed by atoms with E-state index in [1.165, 1.54) is 22.7 Å². The third kappa shape index (κ3) is 3.84. The molecule has 25 heavy (non-hydrogen) atoms. The summed E-state index contributed by atoms with van der Waals surface area (Å²) in [4.78, 5) is -0.00560. The van der Waals surface area contributed by atoms with Crippen molar-refractivity contribution in [3.05, 3.63) is 27.7 Å². The summed E-state index contributed by atoms with van der Waals surface area (Å²) in [7, 11) is -7.09. The van der Waals surface area contributed by atoms with Gasteiger partial charge < -0.3 is 0 Å². The van der Waals surface area contributed by atoms with Crippen molar-refractivity contribution in [1.82, 2.24) is 9.03 Å². The van der Waals surface area contributed by atoms with E-state index < -0.39 is 20.0 Å². The van der Waals surface area contributed by atoms with Gasteiger partial charge in [-0.3, -0.25) is 0 Å². The highest BCUT2D eigenvalue weighted by Crippen LogP contribution is 2.38. The van der Waals surface area contributed by atoms with Crippen LogP contribution in [0.3, 0.4) is 0 Å². The Balaban J connectivity index is 1.81. The number of hydrogen-bond donors (Lipinski definition) is 1. The van der Waals surface area contributed by atoms with Crippen molar-refractivity contribution >= 4 is 43.2 Å². The molecule has 3 rings (SSSR count). The number of hydrogen-bond acceptors (Lipinski definition) is 4. The van der Waals surface area contributed by atoms with Gasteiger partial charge in [-0.2, -0.15) is 4.31 Å². The van der Waals surface area contributed by atoms with E-state index in [1.54, 1.807) is 6.92 Å². The first-order valence-electron chi connectivity index (χ1n) is 7.95. The van der Waals surface area contributed by atoms with Crippen LogP contribution >= 0.6 is 23.2 Å². The number of fused-ring (bicyclic) bond motifs is 2. The minimum Gasteiger partial charge on any atom is -0.212 e. The summed E-state index contributed by atoms with van der Waals surface area (Å²) in [5.41, 5.74) is 0.624. The Bertz CT molecular complexity index is 888. The second-order valence-electron chi connectivity index (χ2n) is 6.80. The zero-order chi connectivity index (χ0) is 18.6. The van der Waals surface area contributed by atoms with Gasteiger partial charge in [0.15, 0.2) is 0 Å². The molecule has 1 N–H and O–H groups in total. The van der Waals surface area contributed by atoms with Gasteiger partial charge in [0.1, 0.15) is 4.90 Å². The summed E-state index contributed by atoms with van der Waals surface area (Å²) < 4.78 is 53.6. The van der Waals surface area contributed by atoms with Gasteiger partial charge in [-0.1, -0.05) is 23.2 Å². The molecule has 2 aliphatic rings. The normalized spacial score (nSPS) is 27.6. The van der Waals surface area contributed by atoms with Gasteiger partial charge in [-0.05, 0) is 50.3 Å². The predicted octanol–water partition coefficient (Wildman–Crippen LogP) is 2.54. The van der Waals surface area contributed by atoms with Crippen molar-refractivity contribution in [3.8, 4) is 0 Å². The van der Waals surface area contributed by atoms with Gasteiger partial charge in [0, 0.05) is 23.1 Å². The summed E-state index contributed by atoms with van der Waals surface area (Å²) in [5, 5.41) is 0.475. The van der Waals surface area contributed by atoms with Crippen LogP contribution in [0.25, 0.3) is 0 Å². The molecule has 2 bridgehead atoms. The molecule has 0 saturated carbocycles. The highest BCUT2D eigenvalue weighted by atomic mass is 35.5. The van der Waals surface area contributed by atoms with E-state index in [1.807, 2.05) is 0 Å². The molecule has 0 aliphatic carbocycles. The molecule has 0 amide bonds. The van der Waals surface area contributed by atoms with Gasteiger partial charge in [-0.25, -0.2) is 21.6 Å². The average molecular weight is 427 g/mol. The van der Waals surface area contributed by atoms with E-state index in [0.717, 1.165) is 12.8 Å². The van der Waals surface area contributed by atoms with Crippen LogP contribution in [-0.2, 0) is 20.0 Å². The first-order valence-corrected chi connectivity index (χ1v) is 12.0. The molecule has 2 aliphatic heterocycles. The number of piperidine rings is 1. The van der Waals surface area contributed by atoms with Gasteiger partial charge in [0.2, 0.25) is 20.0 Å².